The molecule has 6 nitrogen and oxygen atoms in total. The minimum atomic E-state index is -3.64. The van der Waals surface area contributed by atoms with Gasteiger partial charge in [0.25, 0.3) is 0 Å². The van der Waals surface area contributed by atoms with E-state index >= 15 is 0 Å². The van der Waals surface area contributed by atoms with Crippen molar-refractivity contribution in [1.29, 1.82) is 0 Å². The summed E-state index contributed by atoms with van der Waals surface area (Å²) in [4.78, 5) is 13.4. The maximum Gasteiger partial charge on any atom is 0.248 e. The van der Waals surface area contributed by atoms with Crippen molar-refractivity contribution >= 4 is 39.1 Å². The molecule has 1 aromatic carbocycles. The molecule has 1 saturated heterocycles. The van der Waals surface area contributed by atoms with Crippen LogP contribution >= 0.6 is 23.2 Å². The molecular weight excluding hydrogens is 351 g/mol. The van der Waals surface area contributed by atoms with E-state index in [0.29, 0.717) is 18.1 Å². The van der Waals surface area contributed by atoms with Crippen molar-refractivity contribution in [2.75, 3.05) is 39.9 Å². The fraction of sp³-hybridized carbons (Fsp3) is 0.462. The van der Waals surface area contributed by atoms with Gasteiger partial charge >= 0.3 is 0 Å². The lowest BCUT2D eigenvalue weighted by Crippen LogP contribution is -2.51. The van der Waals surface area contributed by atoms with E-state index in [1.54, 1.807) is 4.90 Å². The van der Waals surface area contributed by atoms with Gasteiger partial charge in [-0.1, -0.05) is 23.2 Å². The summed E-state index contributed by atoms with van der Waals surface area (Å²) in [5, 5.41) is 0.493. The number of rotatable bonds is 4. The Morgan fingerprint density at radius 2 is 1.82 bits per heavy atom. The molecule has 1 aromatic rings. The number of carbonyl (C=O) groups excluding carboxylic acids is 1. The summed E-state index contributed by atoms with van der Waals surface area (Å²) in [5.41, 5.74) is 0. The van der Waals surface area contributed by atoms with E-state index in [9.17, 15) is 13.2 Å². The van der Waals surface area contributed by atoms with E-state index < -0.39 is 10.0 Å². The molecule has 2 rings (SSSR count). The molecule has 9 heteroatoms. The van der Waals surface area contributed by atoms with Gasteiger partial charge in [0.05, 0.1) is 14.9 Å². The lowest BCUT2D eigenvalue weighted by Gasteiger charge is -2.33. The van der Waals surface area contributed by atoms with Crippen LogP contribution in [0.4, 0.5) is 0 Å². The van der Waals surface area contributed by atoms with E-state index in [2.05, 4.69) is 0 Å². The summed E-state index contributed by atoms with van der Waals surface area (Å²) in [7, 11) is -2.19. The number of amides is 1. The molecule has 1 amide bonds. The lowest BCUT2D eigenvalue weighted by atomic mass is 10.3. The maximum atomic E-state index is 12.5. The average Bonchev–Trinajstić information content (AvgIpc) is 2.50. The number of sulfonamides is 1. The zero-order valence-electron chi connectivity index (χ0n) is 12.0. The highest BCUT2D eigenvalue weighted by Crippen LogP contribution is 2.26. The first-order chi connectivity index (χ1) is 10.4. The number of benzene rings is 1. The second kappa shape index (κ2) is 7.14. The van der Waals surface area contributed by atoms with Crippen LogP contribution in [0.2, 0.25) is 10.0 Å². The Kier molecular flexibility index (Phi) is 5.68. The summed E-state index contributed by atoms with van der Waals surface area (Å²) in [6, 6.07) is 4.21. The first-order valence-corrected chi connectivity index (χ1v) is 8.78. The van der Waals surface area contributed by atoms with Crippen LogP contribution in [0.15, 0.2) is 23.1 Å². The Morgan fingerprint density at radius 3 is 2.36 bits per heavy atom. The molecule has 0 saturated carbocycles. The van der Waals surface area contributed by atoms with Crippen LogP contribution in [-0.4, -0.2) is 63.4 Å². The van der Waals surface area contributed by atoms with Gasteiger partial charge in [-0.3, -0.25) is 4.79 Å². The number of nitrogens with zero attached hydrogens (tertiary/aromatic N) is 2. The fourth-order valence-corrected chi connectivity index (χ4v) is 3.99. The van der Waals surface area contributed by atoms with Gasteiger partial charge in [0.15, 0.2) is 0 Å². The predicted molar refractivity (Wildman–Crippen MR) is 83.7 cm³/mol. The first kappa shape index (κ1) is 17.5. The smallest absolute Gasteiger partial charge is 0.248 e. The quantitative estimate of drug-likeness (QED) is 0.809. The maximum absolute atomic E-state index is 12.5. The molecule has 22 heavy (non-hydrogen) atoms. The molecule has 0 spiro atoms. The zero-order valence-corrected chi connectivity index (χ0v) is 14.3. The van der Waals surface area contributed by atoms with Crippen LogP contribution in [0.3, 0.4) is 0 Å². The molecule has 0 aromatic heterocycles. The molecule has 0 radical (unpaired) electrons. The van der Waals surface area contributed by atoms with Crippen LogP contribution in [0.25, 0.3) is 0 Å². The van der Waals surface area contributed by atoms with Crippen LogP contribution < -0.4 is 0 Å². The second-order valence-electron chi connectivity index (χ2n) is 4.79. The van der Waals surface area contributed by atoms with Gasteiger partial charge in [0.1, 0.15) is 6.61 Å². The average molecular weight is 367 g/mol. The Hall–Kier alpha value is -0.860. The molecular formula is C13H16Cl2N2O4S. The van der Waals surface area contributed by atoms with Crippen molar-refractivity contribution in [3.63, 3.8) is 0 Å². The van der Waals surface area contributed by atoms with Gasteiger partial charge in [0.2, 0.25) is 15.9 Å². The summed E-state index contributed by atoms with van der Waals surface area (Å²) in [6.07, 6.45) is 0. The second-order valence-corrected chi connectivity index (χ2v) is 7.55. The molecule has 0 N–H and O–H groups in total. The van der Waals surface area contributed by atoms with Crippen molar-refractivity contribution in [2.45, 2.75) is 4.90 Å². The van der Waals surface area contributed by atoms with E-state index in [4.69, 9.17) is 27.9 Å². The van der Waals surface area contributed by atoms with Crippen LogP contribution in [0, 0.1) is 0 Å². The number of carbonyl (C=O) groups is 1. The van der Waals surface area contributed by atoms with E-state index in [0.717, 1.165) is 0 Å². The lowest BCUT2D eigenvalue weighted by molar-refractivity contribution is -0.136. The monoisotopic (exact) mass is 366 g/mol. The molecule has 1 aliphatic rings. The van der Waals surface area contributed by atoms with E-state index in [1.165, 1.54) is 29.6 Å². The largest absolute Gasteiger partial charge is 0.375 e. The molecule has 0 aliphatic carbocycles. The molecule has 1 aliphatic heterocycles. The number of hydrogen-bond acceptors (Lipinski definition) is 4. The number of methoxy groups -OCH3 is 1. The first-order valence-electron chi connectivity index (χ1n) is 6.58. The number of hydrogen-bond donors (Lipinski definition) is 0. The normalized spacial score (nSPS) is 16.8. The minimum absolute atomic E-state index is 0.000454. The van der Waals surface area contributed by atoms with Crippen LogP contribution in [0.1, 0.15) is 0 Å². The SMILES string of the molecule is COCC(=O)N1CCN(S(=O)(=O)c2ccc(Cl)c(Cl)c2)CC1. The fourth-order valence-electron chi connectivity index (χ4n) is 2.18. The highest BCUT2D eigenvalue weighted by atomic mass is 35.5. The summed E-state index contributed by atoms with van der Waals surface area (Å²) in [5.74, 6) is -0.144. The van der Waals surface area contributed by atoms with E-state index in [1.807, 2.05) is 0 Å². The van der Waals surface area contributed by atoms with Gasteiger partial charge in [-0.25, -0.2) is 8.42 Å². The van der Waals surface area contributed by atoms with Gasteiger partial charge in [-0.2, -0.15) is 4.31 Å². The van der Waals surface area contributed by atoms with Crippen molar-refractivity contribution in [3.05, 3.63) is 28.2 Å². The van der Waals surface area contributed by atoms with Crippen molar-refractivity contribution in [2.24, 2.45) is 0 Å². The van der Waals surface area contributed by atoms with Crippen molar-refractivity contribution in [3.8, 4) is 0 Å². The van der Waals surface area contributed by atoms with E-state index in [-0.39, 0.29) is 35.5 Å². The molecule has 0 atom stereocenters. The van der Waals surface area contributed by atoms with Gasteiger partial charge < -0.3 is 9.64 Å². The Labute approximate surface area is 139 Å². The summed E-state index contributed by atoms with van der Waals surface area (Å²) in [6.45, 7) is 1.14. The number of halogens is 2. The third-order valence-electron chi connectivity index (χ3n) is 3.39. The molecule has 0 unspecified atom stereocenters. The Morgan fingerprint density at radius 1 is 1.18 bits per heavy atom. The van der Waals surface area contributed by atoms with Gasteiger partial charge in [-0.05, 0) is 18.2 Å². The van der Waals surface area contributed by atoms with Crippen molar-refractivity contribution in [1.82, 2.24) is 9.21 Å². The molecule has 0 bridgehead atoms. The molecule has 1 heterocycles. The number of piperazine rings is 1. The highest BCUT2D eigenvalue weighted by molar-refractivity contribution is 7.89. The Bertz CT molecular complexity index is 658. The topological polar surface area (TPSA) is 66.9 Å². The highest BCUT2D eigenvalue weighted by Gasteiger charge is 2.30. The third kappa shape index (κ3) is 3.72. The van der Waals surface area contributed by atoms with Gasteiger partial charge in [-0.15, -0.1) is 0 Å². The van der Waals surface area contributed by atoms with Crippen molar-refractivity contribution < 1.29 is 17.9 Å². The van der Waals surface area contributed by atoms with Crippen LogP contribution in [-0.2, 0) is 19.6 Å². The summed E-state index contributed by atoms with van der Waals surface area (Å²) < 4.78 is 31.2. The van der Waals surface area contributed by atoms with Crippen LogP contribution in [0.5, 0.6) is 0 Å². The molecule has 122 valence electrons. The minimum Gasteiger partial charge on any atom is -0.375 e. The predicted octanol–water partition coefficient (Wildman–Crippen LogP) is 1.47. The zero-order chi connectivity index (χ0) is 16.3. The number of ether oxygens (including phenoxy) is 1. The third-order valence-corrected chi connectivity index (χ3v) is 6.02. The Balaban J connectivity index is 2.09. The standard InChI is InChI=1S/C13H16Cl2N2O4S/c1-21-9-13(18)16-4-6-17(7-5-16)22(19,20)10-2-3-11(14)12(15)8-10/h2-3,8H,4-7,9H2,1H3. The molecule has 1 fully saturated rings. The van der Waals surface area contributed by atoms with Gasteiger partial charge in [0, 0.05) is 33.3 Å². The summed E-state index contributed by atoms with van der Waals surface area (Å²) >= 11 is 11.7.